The molecule has 154 valence electrons. The number of alkyl halides is 3. The molecule has 0 spiro atoms. The van der Waals surface area contributed by atoms with Gasteiger partial charge in [0.25, 0.3) is 0 Å². The van der Waals surface area contributed by atoms with Crippen LogP contribution in [0.3, 0.4) is 0 Å². The van der Waals surface area contributed by atoms with Crippen molar-refractivity contribution in [3.63, 3.8) is 0 Å². The van der Waals surface area contributed by atoms with Crippen molar-refractivity contribution in [3.05, 3.63) is 42.1 Å². The number of carboxylic acid groups (broad SMARTS) is 1. The molecule has 0 bridgehead atoms. The van der Waals surface area contributed by atoms with Crippen LogP contribution in [0.4, 0.5) is 30.6 Å². The first-order valence-electron chi connectivity index (χ1n) is 8.17. The molecular weight excluding hydrogens is 393 g/mol. The van der Waals surface area contributed by atoms with Crippen LogP contribution in [0, 0.1) is 0 Å². The van der Waals surface area contributed by atoms with E-state index in [0.29, 0.717) is 11.5 Å². The van der Waals surface area contributed by atoms with Gasteiger partial charge in [-0.25, -0.2) is 9.78 Å². The summed E-state index contributed by atoms with van der Waals surface area (Å²) in [4.78, 5) is 31.9. The number of H-pyrrole nitrogens is 1. The average Bonchev–Trinajstić information content (AvgIpc) is 3.11. The van der Waals surface area contributed by atoms with Crippen molar-refractivity contribution < 1.29 is 27.9 Å². The van der Waals surface area contributed by atoms with Crippen molar-refractivity contribution in [2.75, 3.05) is 17.2 Å². The monoisotopic (exact) mass is 410 g/mol. The summed E-state index contributed by atoms with van der Waals surface area (Å²) < 4.78 is 31.7. The summed E-state index contributed by atoms with van der Waals surface area (Å²) in [5.74, 6) is -1.12. The van der Waals surface area contributed by atoms with E-state index < -0.39 is 18.1 Å². The van der Waals surface area contributed by atoms with Gasteiger partial charge in [-0.1, -0.05) is 0 Å². The number of aliphatic carboxylic acids is 1. The number of aromatic nitrogens is 3. The Balaban J connectivity index is 0.000000370. The number of halogens is 3. The largest absolute Gasteiger partial charge is 0.490 e. The van der Waals surface area contributed by atoms with Gasteiger partial charge in [0, 0.05) is 24.0 Å². The lowest BCUT2D eigenvalue weighted by Gasteiger charge is -2.12. The molecule has 0 aliphatic carbocycles. The fraction of sp³-hybridized carbons (Fsp3) is 0.176. The summed E-state index contributed by atoms with van der Waals surface area (Å²) in [6, 6.07) is 8.77. The second-order valence-corrected chi connectivity index (χ2v) is 5.54. The Morgan fingerprint density at radius 1 is 1.21 bits per heavy atom. The summed E-state index contributed by atoms with van der Waals surface area (Å²) >= 11 is 0. The third-order valence-electron chi connectivity index (χ3n) is 3.43. The lowest BCUT2D eigenvalue weighted by Crippen LogP contribution is -2.21. The van der Waals surface area contributed by atoms with Gasteiger partial charge >= 0.3 is 12.1 Å². The lowest BCUT2D eigenvalue weighted by atomic mass is 10.2. The first-order valence-corrected chi connectivity index (χ1v) is 8.17. The highest BCUT2D eigenvalue weighted by Crippen LogP contribution is 2.28. The topological polar surface area (TPSA) is 146 Å². The maximum absolute atomic E-state index is 11.1. The van der Waals surface area contributed by atoms with Crippen molar-refractivity contribution in [1.82, 2.24) is 15.0 Å². The number of aromatic amines is 1. The van der Waals surface area contributed by atoms with Crippen molar-refractivity contribution in [1.29, 1.82) is 0 Å². The third kappa shape index (κ3) is 5.82. The zero-order valence-corrected chi connectivity index (χ0v) is 15.0. The molecule has 0 fully saturated rings. The van der Waals surface area contributed by atoms with Gasteiger partial charge in [0.15, 0.2) is 0 Å². The number of carbonyl (C=O) groups is 2. The Kier molecular flexibility index (Phi) is 6.59. The molecule has 9 nitrogen and oxygen atoms in total. The second-order valence-electron chi connectivity index (χ2n) is 5.54. The Morgan fingerprint density at radius 3 is 2.34 bits per heavy atom. The van der Waals surface area contributed by atoms with Crippen LogP contribution in [-0.4, -0.2) is 44.7 Å². The van der Waals surface area contributed by atoms with E-state index >= 15 is 0 Å². The van der Waals surface area contributed by atoms with E-state index in [1.165, 1.54) is 0 Å². The van der Waals surface area contributed by atoms with Crippen LogP contribution in [0.25, 0.3) is 11.4 Å². The summed E-state index contributed by atoms with van der Waals surface area (Å²) in [6.07, 6.45) is -3.35. The summed E-state index contributed by atoms with van der Waals surface area (Å²) in [7, 11) is 0. The number of carbonyl (C=O) groups excluding carboxylic acids is 1. The molecule has 2 aliphatic rings. The number of benzene rings is 1. The van der Waals surface area contributed by atoms with Crippen LogP contribution in [-0.2, 0) is 4.79 Å². The standard InChI is InChI=1S/C15H16N6O.C2HF3O2/c1-2-17-13-11-7-8-18-14(11)21-15(20-13)19-10-5-3-9(4-6-10)12(16)22;3-2(4,5)1(6)7/h3-8H,2H2,1H3,(H2,16,22)(H3,17,18,19,20,21);(H,6,7). The van der Waals surface area contributed by atoms with Gasteiger partial charge in [-0.05, 0) is 37.3 Å². The van der Waals surface area contributed by atoms with Crippen molar-refractivity contribution >= 4 is 29.3 Å². The molecular formula is C17H17F3N6O3. The minimum atomic E-state index is -5.08. The molecule has 2 aliphatic heterocycles. The number of fused-ring (bicyclic) bond motifs is 1. The molecule has 0 radical (unpaired) electrons. The second kappa shape index (κ2) is 8.91. The molecule has 12 heteroatoms. The van der Waals surface area contributed by atoms with E-state index in [1.807, 2.05) is 13.0 Å². The minimum Gasteiger partial charge on any atom is -0.475 e. The number of anilines is 3. The average molecular weight is 410 g/mol. The van der Waals surface area contributed by atoms with Crippen LogP contribution >= 0.6 is 0 Å². The Bertz CT molecular complexity index is 956. The summed E-state index contributed by atoms with van der Waals surface area (Å²) in [5, 5.41) is 13.5. The predicted molar refractivity (Wildman–Crippen MR) is 99.1 cm³/mol. The van der Waals surface area contributed by atoms with Crippen molar-refractivity contribution in [2.24, 2.45) is 5.73 Å². The van der Waals surface area contributed by atoms with E-state index in [-0.39, 0.29) is 0 Å². The summed E-state index contributed by atoms with van der Waals surface area (Å²) in [5.41, 5.74) is 7.42. The minimum absolute atomic E-state index is 0.451. The van der Waals surface area contributed by atoms with Gasteiger partial charge in [0.05, 0.1) is 5.56 Å². The van der Waals surface area contributed by atoms with E-state index in [4.69, 9.17) is 15.6 Å². The zero-order valence-electron chi connectivity index (χ0n) is 15.0. The van der Waals surface area contributed by atoms with Crippen LogP contribution in [0.15, 0.2) is 36.5 Å². The number of hydrogen-bond acceptors (Lipinski definition) is 6. The van der Waals surface area contributed by atoms with E-state index in [9.17, 15) is 18.0 Å². The highest BCUT2D eigenvalue weighted by atomic mass is 19.4. The number of primary amides is 1. The molecule has 29 heavy (non-hydrogen) atoms. The van der Waals surface area contributed by atoms with Gasteiger partial charge in [-0.15, -0.1) is 0 Å². The SMILES string of the molecule is CCNc1nc(Nc2ccc(C(N)=O)cc2)[nH]c2nccc1-2.O=C(O)C(F)(F)F. The first kappa shape index (κ1) is 21.5. The fourth-order valence-electron chi connectivity index (χ4n) is 2.15. The van der Waals surface area contributed by atoms with Crippen LogP contribution in [0.5, 0.6) is 0 Å². The van der Waals surface area contributed by atoms with Crippen LogP contribution < -0.4 is 16.4 Å². The number of rotatable bonds is 5. The molecule has 1 aromatic carbocycles. The zero-order chi connectivity index (χ0) is 21.6. The van der Waals surface area contributed by atoms with Crippen LogP contribution in [0.1, 0.15) is 17.3 Å². The highest BCUT2D eigenvalue weighted by molar-refractivity contribution is 5.93. The molecule has 1 aromatic rings. The molecule has 0 unspecified atom stereocenters. The molecule has 1 amide bonds. The lowest BCUT2D eigenvalue weighted by molar-refractivity contribution is -0.192. The highest BCUT2D eigenvalue weighted by Gasteiger charge is 2.38. The summed E-state index contributed by atoms with van der Waals surface area (Å²) in [6.45, 7) is 2.78. The van der Waals surface area contributed by atoms with Crippen LogP contribution in [0.2, 0.25) is 0 Å². The molecule has 6 N–H and O–H groups in total. The predicted octanol–water partition coefficient (Wildman–Crippen LogP) is 2.82. The maximum atomic E-state index is 11.1. The van der Waals surface area contributed by atoms with E-state index in [0.717, 1.165) is 29.4 Å². The van der Waals surface area contributed by atoms with Gasteiger partial charge < -0.3 is 26.5 Å². The number of nitrogens with zero attached hydrogens (tertiary/aromatic N) is 2. The molecule has 0 saturated carbocycles. The number of carboxylic acids is 1. The Labute approximate surface area is 162 Å². The van der Waals surface area contributed by atoms with Gasteiger partial charge in [-0.3, -0.25) is 4.79 Å². The fourth-order valence-corrected chi connectivity index (χ4v) is 2.15. The number of hydrogen-bond donors (Lipinski definition) is 5. The van der Waals surface area contributed by atoms with Gasteiger partial charge in [0.1, 0.15) is 11.6 Å². The van der Waals surface area contributed by atoms with Gasteiger partial charge in [0.2, 0.25) is 11.9 Å². The number of nitrogens with one attached hydrogen (secondary N) is 3. The number of nitrogens with two attached hydrogens (primary N) is 1. The van der Waals surface area contributed by atoms with E-state index in [1.54, 1.807) is 30.5 Å². The quantitative estimate of drug-likeness (QED) is 0.435. The van der Waals surface area contributed by atoms with E-state index in [2.05, 4.69) is 25.6 Å². The Hall–Kier alpha value is -3.83. The first-order chi connectivity index (χ1) is 13.6. The molecule has 0 atom stereocenters. The normalized spacial score (nSPS) is 10.8. The Morgan fingerprint density at radius 2 is 1.83 bits per heavy atom. The van der Waals surface area contributed by atoms with Gasteiger partial charge in [-0.2, -0.15) is 18.2 Å². The molecule has 0 saturated heterocycles. The van der Waals surface area contributed by atoms with Crippen molar-refractivity contribution in [3.8, 4) is 11.4 Å². The van der Waals surface area contributed by atoms with Crippen molar-refractivity contribution in [2.45, 2.75) is 13.1 Å². The molecule has 2 heterocycles. The number of amides is 1. The third-order valence-corrected chi connectivity index (χ3v) is 3.43. The smallest absolute Gasteiger partial charge is 0.475 e. The molecule has 0 aromatic heterocycles. The maximum Gasteiger partial charge on any atom is 0.490 e. The molecule has 3 rings (SSSR count).